The van der Waals surface area contributed by atoms with Crippen molar-refractivity contribution in [3.05, 3.63) is 12.4 Å². The lowest BCUT2D eigenvalue weighted by molar-refractivity contribution is -0.120. The van der Waals surface area contributed by atoms with Crippen LogP contribution in [0.1, 0.15) is 19.8 Å². The van der Waals surface area contributed by atoms with Crippen LogP contribution in [0, 0.1) is 0 Å². The largest absolute Gasteiger partial charge is 0.379 e. The normalized spacial score (nSPS) is 19.4. The van der Waals surface area contributed by atoms with Crippen LogP contribution in [0.25, 0.3) is 0 Å². The number of ether oxygens (including phenoxy) is 1. The Hall–Kier alpha value is -2.13. The van der Waals surface area contributed by atoms with Gasteiger partial charge in [-0.15, -0.1) is 0 Å². The molecule has 0 aromatic carbocycles. The fraction of sp³-hybridized carbons (Fsp3) is 0.737. The van der Waals surface area contributed by atoms with Crippen LogP contribution < -0.4 is 10.2 Å². The number of guanidine groups is 1. The molecule has 2 aliphatic rings. The SMILES string of the molecule is CCNC(=NCCCCN1CCOCC1)N1CCN(c2cnn(C)c2)C(=O)C1. The fourth-order valence-electron chi connectivity index (χ4n) is 3.56. The van der Waals surface area contributed by atoms with E-state index in [9.17, 15) is 4.79 Å². The predicted molar refractivity (Wildman–Crippen MR) is 110 cm³/mol. The number of anilines is 1. The third-order valence-corrected chi connectivity index (χ3v) is 5.11. The van der Waals surface area contributed by atoms with Crippen LogP contribution in [0.3, 0.4) is 0 Å². The lowest BCUT2D eigenvalue weighted by Crippen LogP contribution is -2.55. The number of carbonyl (C=O) groups excluding carboxylic acids is 1. The number of aromatic nitrogens is 2. The molecule has 28 heavy (non-hydrogen) atoms. The van der Waals surface area contributed by atoms with Crippen molar-refractivity contribution in [2.24, 2.45) is 12.0 Å². The van der Waals surface area contributed by atoms with E-state index in [2.05, 4.69) is 27.1 Å². The first-order chi connectivity index (χ1) is 13.7. The van der Waals surface area contributed by atoms with Gasteiger partial charge < -0.3 is 19.9 Å². The number of unbranched alkanes of at least 4 members (excludes halogenated alkanes) is 1. The summed E-state index contributed by atoms with van der Waals surface area (Å²) in [5, 5.41) is 7.50. The van der Waals surface area contributed by atoms with Gasteiger partial charge in [0.1, 0.15) is 6.54 Å². The zero-order chi connectivity index (χ0) is 19.8. The number of piperazine rings is 1. The number of aliphatic imine (C=N–C) groups is 1. The van der Waals surface area contributed by atoms with E-state index in [0.29, 0.717) is 13.1 Å². The monoisotopic (exact) mass is 391 g/mol. The number of aryl methyl sites for hydroxylation is 1. The Morgan fingerprint density at radius 1 is 1.25 bits per heavy atom. The predicted octanol–water partition coefficient (Wildman–Crippen LogP) is 0.147. The smallest absolute Gasteiger partial charge is 0.246 e. The Morgan fingerprint density at radius 2 is 2.07 bits per heavy atom. The second-order valence-electron chi connectivity index (χ2n) is 7.24. The Morgan fingerprint density at radius 3 is 2.75 bits per heavy atom. The van der Waals surface area contributed by atoms with Crippen LogP contribution in [0.4, 0.5) is 5.69 Å². The van der Waals surface area contributed by atoms with Gasteiger partial charge >= 0.3 is 0 Å². The Balaban J connectivity index is 1.46. The maximum absolute atomic E-state index is 12.6. The molecule has 0 bridgehead atoms. The van der Waals surface area contributed by atoms with Crippen LogP contribution in [-0.2, 0) is 16.6 Å². The highest BCUT2D eigenvalue weighted by Crippen LogP contribution is 2.16. The van der Waals surface area contributed by atoms with E-state index in [1.807, 2.05) is 13.2 Å². The third kappa shape index (κ3) is 5.68. The van der Waals surface area contributed by atoms with E-state index < -0.39 is 0 Å². The number of amides is 1. The maximum atomic E-state index is 12.6. The van der Waals surface area contributed by atoms with Gasteiger partial charge in [0.15, 0.2) is 5.96 Å². The Bertz CT molecular complexity index is 654. The second-order valence-corrected chi connectivity index (χ2v) is 7.24. The Kier molecular flexibility index (Phi) is 7.67. The van der Waals surface area contributed by atoms with Crippen molar-refractivity contribution in [1.82, 2.24) is 24.9 Å². The highest BCUT2D eigenvalue weighted by molar-refractivity contribution is 5.98. The van der Waals surface area contributed by atoms with Crippen molar-refractivity contribution >= 4 is 17.6 Å². The number of hydrogen-bond acceptors (Lipinski definition) is 5. The minimum atomic E-state index is 0.0807. The molecule has 0 spiro atoms. The molecule has 0 radical (unpaired) electrons. The summed E-state index contributed by atoms with van der Waals surface area (Å²) in [6, 6.07) is 0. The van der Waals surface area contributed by atoms with E-state index in [-0.39, 0.29) is 5.91 Å². The first kappa shape index (κ1) is 20.6. The summed E-state index contributed by atoms with van der Waals surface area (Å²) in [4.78, 5) is 23.7. The number of rotatable bonds is 7. The molecule has 1 aromatic rings. The minimum absolute atomic E-state index is 0.0807. The summed E-state index contributed by atoms with van der Waals surface area (Å²) in [7, 11) is 1.86. The molecular formula is C19H33N7O2. The highest BCUT2D eigenvalue weighted by Gasteiger charge is 2.27. The van der Waals surface area contributed by atoms with Crippen LogP contribution >= 0.6 is 0 Å². The molecule has 0 saturated carbocycles. The zero-order valence-electron chi connectivity index (χ0n) is 17.1. The average Bonchev–Trinajstić information content (AvgIpc) is 3.13. The average molecular weight is 392 g/mol. The molecule has 2 aliphatic heterocycles. The zero-order valence-corrected chi connectivity index (χ0v) is 17.1. The molecule has 3 heterocycles. The molecule has 9 heteroatoms. The summed E-state index contributed by atoms with van der Waals surface area (Å²) in [6.07, 6.45) is 5.80. The van der Waals surface area contributed by atoms with E-state index in [0.717, 1.165) is 77.0 Å². The summed E-state index contributed by atoms with van der Waals surface area (Å²) in [5.41, 5.74) is 0.859. The van der Waals surface area contributed by atoms with Crippen LogP contribution in [0.15, 0.2) is 17.4 Å². The molecule has 3 rings (SSSR count). The summed E-state index contributed by atoms with van der Waals surface area (Å²) in [5.74, 6) is 0.922. The summed E-state index contributed by atoms with van der Waals surface area (Å²) >= 11 is 0. The standard InChI is InChI=1S/C19H33N7O2/c1-3-20-19(21-6-4-5-7-24-10-12-28-13-11-24)25-8-9-26(18(27)16-25)17-14-22-23(2)15-17/h14-15H,3-13,16H2,1-2H3,(H,20,21). The number of morpholine rings is 1. The first-order valence-electron chi connectivity index (χ1n) is 10.3. The van der Waals surface area contributed by atoms with Gasteiger partial charge in [-0.25, -0.2) is 0 Å². The van der Waals surface area contributed by atoms with Crippen LogP contribution in [0.2, 0.25) is 0 Å². The quantitative estimate of drug-likeness (QED) is 0.405. The number of nitrogens with zero attached hydrogens (tertiary/aromatic N) is 6. The lowest BCUT2D eigenvalue weighted by atomic mass is 10.2. The summed E-state index contributed by atoms with van der Waals surface area (Å²) < 4.78 is 7.11. The van der Waals surface area contributed by atoms with Gasteiger partial charge in [-0.2, -0.15) is 5.10 Å². The van der Waals surface area contributed by atoms with E-state index in [4.69, 9.17) is 9.73 Å². The highest BCUT2D eigenvalue weighted by atomic mass is 16.5. The van der Waals surface area contributed by atoms with Crippen molar-refractivity contribution in [2.45, 2.75) is 19.8 Å². The number of nitrogens with one attached hydrogen (secondary N) is 1. The van der Waals surface area contributed by atoms with Crippen molar-refractivity contribution in [2.75, 3.05) is 70.5 Å². The first-order valence-corrected chi connectivity index (χ1v) is 10.3. The number of hydrogen-bond donors (Lipinski definition) is 1. The van der Waals surface area contributed by atoms with Gasteiger partial charge in [0.2, 0.25) is 5.91 Å². The Labute approximate surface area is 167 Å². The fourth-order valence-corrected chi connectivity index (χ4v) is 3.56. The number of carbonyl (C=O) groups is 1. The van der Waals surface area contributed by atoms with Gasteiger partial charge in [-0.1, -0.05) is 0 Å². The van der Waals surface area contributed by atoms with E-state index >= 15 is 0 Å². The molecule has 1 N–H and O–H groups in total. The molecule has 0 unspecified atom stereocenters. The van der Waals surface area contributed by atoms with Gasteiger partial charge in [-0.05, 0) is 26.3 Å². The van der Waals surface area contributed by atoms with E-state index in [1.165, 1.54) is 0 Å². The summed E-state index contributed by atoms with van der Waals surface area (Å²) in [6.45, 7) is 10.3. The molecule has 2 fully saturated rings. The van der Waals surface area contributed by atoms with Crippen molar-refractivity contribution < 1.29 is 9.53 Å². The lowest BCUT2D eigenvalue weighted by Gasteiger charge is -2.35. The molecule has 1 amide bonds. The molecule has 0 aliphatic carbocycles. The molecule has 9 nitrogen and oxygen atoms in total. The molecular weight excluding hydrogens is 358 g/mol. The van der Waals surface area contributed by atoms with Gasteiger partial charge in [0.05, 0.1) is 25.1 Å². The van der Waals surface area contributed by atoms with Crippen LogP contribution in [0.5, 0.6) is 0 Å². The minimum Gasteiger partial charge on any atom is -0.379 e. The molecule has 1 aromatic heterocycles. The van der Waals surface area contributed by atoms with Gasteiger partial charge in [0.25, 0.3) is 0 Å². The molecule has 2 saturated heterocycles. The van der Waals surface area contributed by atoms with Crippen molar-refractivity contribution in [3.8, 4) is 0 Å². The van der Waals surface area contributed by atoms with Crippen molar-refractivity contribution in [3.63, 3.8) is 0 Å². The molecule has 156 valence electrons. The molecule has 0 atom stereocenters. The van der Waals surface area contributed by atoms with Gasteiger partial charge in [0, 0.05) is 52.5 Å². The third-order valence-electron chi connectivity index (χ3n) is 5.11. The topological polar surface area (TPSA) is 78.2 Å². The van der Waals surface area contributed by atoms with Crippen molar-refractivity contribution in [1.29, 1.82) is 0 Å². The maximum Gasteiger partial charge on any atom is 0.246 e. The van der Waals surface area contributed by atoms with E-state index in [1.54, 1.807) is 15.8 Å². The van der Waals surface area contributed by atoms with Gasteiger partial charge in [-0.3, -0.25) is 19.4 Å². The second kappa shape index (κ2) is 10.4. The van der Waals surface area contributed by atoms with Crippen LogP contribution in [-0.4, -0.2) is 97.0 Å².